The maximum absolute atomic E-state index is 6.39. The van der Waals surface area contributed by atoms with E-state index in [0.717, 1.165) is 47.6 Å². The molecule has 0 amide bonds. The summed E-state index contributed by atoms with van der Waals surface area (Å²) in [6.45, 7) is 2.09. The molecule has 0 unspecified atom stereocenters. The van der Waals surface area contributed by atoms with Crippen LogP contribution in [0, 0.1) is 0 Å². The molecule has 0 radical (unpaired) electrons. The van der Waals surface area contributed by atoms with E-state index in [1.165, 1.54) is 19.3 Å². The summed E-state index contributed by atoms with van der Waals surface area (Å²) >= 11 is 6.39. The van der Waals surface area contributed by atoms with Gasteiger partial charge in [0.1, 0.15) is 5.15 Å². The van der Waals surface area contributed by atoms with Gasteiger partial charge in [-0.25, -0.2) is 9.97 Å². The molecule has 4 nitrogen and oxygen atoms in total. The van der Waals surface area contributed by atoms with Gasteiger partial charge in [-0.15, -0.1) is 0 Å². The fourth-order valence-electron chi connectivity index (χ4n) is 2.83. The number of hydrogen-bond donors (Lipinski definition) is 0. The Bertz CT molecular complexity index is 633. The zero-order valence-electron chi connectivity index (χ0n) is 12.0. The maximum Gasteiger partial charge on any atom is 0.164 e. The number of aryl methyl sites for hydroxylation is 3. The van der Waals surface area contributed by atoms with Gasteiger partial charge in [0.05, 0.1) is 11.3 Å². The van der Waals surface area contributed by atoms with Crippen LogP contribution in [0.4, 0.5) is 0 Å². The molecule has 0 aromatic carbocycles. The standard InChI is InChI=1S/C15H19ClN4/c1-3-12-11(9-20(2)19-12)15-17-13-8-6-4-5-7-10(13)14(16)18-15/h9H,3-8H2,1-2H3. The molecule has 5 heteroatoms. The lowest BCUT2D eigenvalue weighted by atomic mass is 10.1. The van der Waals surface area contributed by atoms with Crippen LogP contribution in [0.5, 0.6) is 0 Å². The Hall–Kier alpha value is -1.42. The molecule has 0 fully saturated rings. The van der Waals surface area contributed by atoms with Crippen molar-refractivity contribution in [1.29, 1.82) is 0 Å². The first kappa shape index (κ1) is 13.6. The minimum atomic E-state index is 0.623. The molecule has 0 aliphatic heterocycles. The molecule has 106 valence electrons. The smallest absolute Gasteiger partial charge is 0.164 e. The van der Waals surface area contributed by atoms with Crippen LogP contribution in [-0.2, 0) is 26.3 Å². The van der Waals surface area contributed by atoms with E-state index in [0.29, 0.717) is 5.15 Å². The van der Waals surface area contributed by atoms with Crippen LogP contribution in [0.2, 0.25) is 5.15 Å². The molecule has 0 saturated heterocycles. The van der Waals surface area contributed by atoms with E-state index in [-0.39, 0.29) is 0 Å². The molecule has 0 saturated carbocycles. The first-order valence-corrected chi connectivity index (χ1v) is 7.65. The zero-order chi connectivity index (χ0) is 14.1. The van der Waals surface area contributed by atoms with Gasteiger partial charge >= 0.3 is 0 Å². The summed E-state index contributed by atoms with van der Waals surface area (Å²) in [4.78, 5) is 9.30. The Morgan fingerprint density at radius 3 is 2.80 bits per heavy atom. The van der Waals surface area contributed by atoms with Gasteiger partial charge in [0, 0.05) is 24.5 Å². The van der Waals surface area contributed by atoms with Gasteiger partial charge in [0.2, 0.25) is 0 Å². The van der Waals surface area contributed by atoms with E-state index in [4.69, 9.17) is 16.6 Å². The molecule has 1 aliphatic rings. The summed E-state index contributed by atoms with van der Waals surface area (Å²) in [5.74, 6) is 0.723. The van der Waals surface area contributed by atoms with Crippen LogP contribution in [-0.4, -0.2) is 19.7 Å². The van der Waals surface area contributed by atoms with Gasteiger partial charge in [0.25, 0.3) is 0 Å². The average Bonchev–Trinajstić information content (AvgIpc) is 2.66. The van der Waals surface area contributed by atoms with Gasteiger partial charge in [0.15, 0.2) is 5.82 Å². The third-order valence-electron chi connectivity index (χ3n) is 3.86. The van der Waals surface area contributed by atoms with E-state index in [2.05, 4.69) is 17.0 Å². The summed E-state index contributed by atoms with van der Waals surface area (Å²) in [5, 5.41) is 5.08. The van der Waals surface area contributed by atoms with Crippen molar-refractivity contribution >= 4 is 11.6 Å². The molecule has 0 atom stereocenters. The van der Waals surface area contributed by atoms with Crippen LogP contribution in [0.1, 0.15) is 43.1 Å². The Morgan fingerprint density at radius 1 is 1.20 bits per heavy atom. The molecule has 2 aromatic rings. The van der Waals surface area contributed by atoms with E-state index in [1.54, 1.807) is 0 Å². The fourth-order valence-corrected chi connectivity index (χ4v) is 3.11. The van der Waals surface area contributed by atoms with Crippen LogP contribution >= 0.6 is 11.6 Å². The van der Waals surface area contributed by atoms with Gasteiger partial charge in [-0.2, -0.15) is 5.10 Å². The normalized spacial score (nSPS) is 14.9. The van der Waals surface area contributed by atoms with Gasteiger partial charge in [-0.3, -0.25) is 4.68 Å². The largest absolute Gasteiger partial charge is 0.275 e. The van der Waals surface area contributed by atoms with Crippen molar-refractivity contribution in [1.82, 2.24) is 19.7 Å². The van der Waals surface area contributed by atoms with Crippen molar-refractivity contribution in [2.24, 2.45) is 7.05 Å². The summed E-state index contributed by atoms with van der Waals surface area (Å²) in [6.07, 6.45) is 8.47. The molecule has 2 heterocycles. The summed E-state index contributed by atoms with van der Waals surface area (Å²) in [5.41, 5.74) is 4.30. The lowest BCUT2D eigenvalue weighted by Crippen LogP contribution is -2.02. The third-order valence-corrected chi connectivity index (χ3v) is 4.18. The number of hydrogen-bond acceptors (Lipinski definition) is 3. The first-order chi connectivity index (χ1) is 9.69. The Kier molecular flexibility index (Phi) is 3.74. The zero-order valence-corrected chi connectivity index (χ0v) is 12.7. The molecule has 0 spiro atoms. The molecule has 0 bridgehead atoms. The van der Waals surface area contributed by atoms with E-state index in [9.17, 15) is 0 Å². The van der Waals surface area contributed by atoms with Crippen molar-refractivity contribution in [2.45, 2.75) is 45.4 Å². The lowest BCUT2D eigenvalue weighted by molar-refractivity contribution is 0.709. The third kappa shape index (κ3) is 2.44. The molecular weight excluding hydrogens is 272 g/mol. The topological polar surface area (TPSA) is 43.6 Å². The van der Waals surface area contributed by atoms with Crippen LogP contribution in [0.3, 0.4) is 0 Å². The first-order valence-electron chi connectivity index (χ1n) is 7.27. The number of nitrogens with zero attached hydrogens (tertiary/aromatic N) is 4. The number of rotatable bonds is 2. The Balaban J connectivity index is 2.10. The van der Waals surface area contributed by atoms with Crippen LogP contribution in [0.15, 0.2) is 6.20 Å². The SMILES string of the molecule is CCc1nn(C)cc1-c1nc(Cl)c2c(n1)CCCCC2. The summed E-state index contributed by atoms with van der Waals surface area (Å²) in [7, 11) is 1.92. The monoisotopic (exact) mass is 290 g/mol. The van der Waals surface area contributed by atoms with E-state index in [1.807, 2.05) is 17.9 Å². The van der Waals surface area contributed by atoms with Crippen molar-refractivity contribution in [3.63, 3.8) is 0 Å². The van der Waals surface area contributed by atoms with Gasteiger partial charge in [-0.1, -0.05) is 24.9 Å². The minimum absolute atomic E-state index is 0.623. The molecule has 3 rings (SSSR count). The number of fused-ring (bicyclic) bond motifs is 1. The second-order valence-corrected chi connectivity index (χ2v) is 5.70. The lowest BCUT2D eigenvalue weighted by Gasteiger charge is -2.09. The molecule has 20 heavy (non-hydrogen) atoms. The van der Waals surface area contributed by atoms with Crippen molar-refractivity contribution in [3.05, 3.63) is 28.3 Å². The van der Waals surface area contributed by atoms with E-state index < -0.39 is 0 Å². The second kappa shape index (κ2) is 5.52. The molecule has 1 aliphatic carbocycles. The fraction of sp³-hybridized carbons (Fsp3) is 0.533. The highest BCUT2D eigenvalue weighted by Gasteiger charge is 2.18. The Labute approximate surface area is 124 Å². The van der Waals surface area contributed by atoms with Crippen molar-refractivity contribution in [3.8, 4) is 11.4 Å². The highest BCUT2D eigenvalue weighted by atomic mass is 35.5. The van der Waals surface area contributed by atoms with Crippen molar-refractivity contribution < 1.29 is 0 Å². The van der Waals surface area contributed by atoms with E-state index >= 15 is 0 Å². The van der Waals surface area contributed by atoms with Crippen LogP contribution < -0.4 is 0 Å². The Morgan fingerprint density at radius 2 is 2.00 bits per heavy atom. The number of halogens is 1. The molecule has 2 aromatic heterocycles. The minimum Gasteiger partial charge on any atom is -0.275 e. The van der Waals surface area contributed by atoms with Gasteiger partial charge in [-0.05, 0) is 32.1 Å². The highest BCUT2D eigenvalue weighted by Crippen LogP contribution is 2.28. The van der Waals surface area contributed by atoms with Crippen LogP contribution in [0.25, 0.3) is 11.4 Å². The average molecular weight is 291 g/mol. The molecule has 0 N–H and O–H groups in total. The predicted molar refractivity (Wildman–Crippen MR) is 79.9 cm³/mol. The summed E-state index contributed by atoms with van der Waals surface area (Å²) in [6, 6.07) is 0. The maximum atomic E-state index is 6.39. The summed E-state index contributed by atoms with van der Waals surface area (Å²) < 4.78 is 1.82. The highest BCUT2D eigenvalue weighted by molar-refractivity contribution is 6.30. The number of aromatic nitrogens is 4. The second-order valence-electron chi connectivity index (χ2n) is 5.34. The van der Waals surface area contributed by atoms with Gasteiger partial charge < -0.3 is 0 Å². The predicted octanol–water partition coefficient (Wildman–Crippen LogP) is 3.36. The van der Waals surface area contributed by atoms with Crippen molar-refractivity contribution in [2.75, 3.05) is 0 Å². The quantitative estimate of drug-likeness (QED) is 0.629. The molecular formula is C15H19ClN4.